The minimum Gasteiger partial charge on any atom is -0.497 e. The first-order chi connectivity index (χ1) is 12.2. The lowest BCUT2D eigenvalue weighted by molar-refractivity contribution is 0.102. The monoisotopic (exact) mass is 335 g/mol. The predicted octanol–water partition coefficient (Wildman–Crippen LogP) is 2.74. The van der Waals surface area contributed by atoms with E-state index in [9.17, 15) is 4.79 Å². The Hall–Kier alpha value is -3.48. The van der Waals surface area contributed by atoms with Gasteiger partial charge in [-0.05, 0) is 29.8 Å². The summed E-state index contributed by atoms with van der Waals surface area (Å²) < 4.78 is 5.13. The first-order valence-corrected chi connectivity index (χ1v) is 7.65. The third-order valence-corrected chi connectivity index (χ3v) is 3.44. The lowest BCUT2D eigenvalue weighted by atomic mass is 10.3. The topological polar surface area (TPSA) is 89.0 Å². The molecule has 2 aromatic heterocycles. The summed E-state index contributed by atoms with van der Waals surface area (Å²) in [5.41, 5.74) is 1.94. The molecule has 2 heterocycles. The van der Waals surface area contributed by atoms with E-state index in [1.165, 1.54) is 12.4 Å². The Morgan fingerprint density at radius 1 is 1.12 bits per heavy atom. The number of anilines is 2. The number of benzene rings is 1. The summed E-state index contributed by atoms with van der Waals surface area (Å²) >= 11 is 0. The molecule has 0 aliphatic rings. The second kappa shape index (κ2) is 7.87. The summed E-state index contributed by atoms with van der Waals surface area (Å²) in [6.07, 6.45) is 6.43. The van der Waals surface area contributed by atoms with Crippen LogP contribution < -0.4 is 15.4 Å². The number of nitrogens with zero attached hydrogens (tertiary/aromatic N) is 3. The molecule has 0 unspecified atom stereocenters. The Labute approximate surface area is 145 Å². The zero-order valence-corrected chi connectivity index (χ0v) is 13.6. The van der Waals surface area contributed by atoms with Crippen LogP contribution in [0.25, 0.3) is 0 Å². The summed E-state index contributed by atoms with van der Waals surface area (Å²) in [6.45, 7) is 0.604. The van der Waals surface area contributed by atoms with E-state index in [1.54, 1.807) is 43.8 Å². The van der Waals surface area contributed by atoms with Crippen LogP contribution in [0.2, 0.25) is 0 Å². The SMILES string of the molecule is COc1cccc(NC(=O)c2cnc(NCc3ccncc3)cn2)c1. The molecule has 0 saturated carbocycles. The standard InChI is InChI=1S/C18H17N5O2/c1-25-15-4-2-3-14(9-15)23-18(24)16-11-22-17(12-20-16)21-10-13-5-7-19-8-6-13/h2-9,11-12H,10H2,1H3,(H,21,22)(H,23,24). The molecule has 0 aliphatic heterocycles. The van der Waals surface area contributed by atoms with Gasteiger partial charge in [0.25, 0.3) is 5.91 Å². The van der Waals surface area contributed by atoms with Gasteiger partial charge in [0.2, 0.25) is 0 Å². The minimum atomic E-state index is -0.332. The minimum absolute atomic E-state index is 0.234. The van der Waals surface area contributed by atoms with Gasteiger partial charge in [-0.25, -0.2) is 9.97 Å². The van der Waals surface area contributed by atoms with Gasteiger partial charge >= 0.3 is 0 Å². The van der Waals surface area contributed by atoms with Gasteiger partial charge in [0, 0.05) is 30.7 Å². The van der Waals surface area contributed by atoms with Gasteiger partial charge in [-0.2, -0.15) is 0 Å². The first kappa shape index (κ1) is 16.4. The summed E-state index contributed by atoms with van der Waals surface area (Å²) in [6, 6.07) is 10.9. The Kier molecular flexibility index (Phi) is 5.16. The van der Waals surface area contributed by atoms with E-state index in [0.717, 1.165) is 5.56 Å². The zero-order valence-electron chi connectivity index (χ0n) is 13.6. The van der Waals surface area contributed by atoms with Gasteiger partial charge in [0.15, 0.2) is 0 Å². The van der Waals surface area contributed by atoms with Crippen LogP contribution >= 0.6 is 0 Å². The van der Waals surface area contributed by atoms with E-state index in [1.807, 2.05) is 12.1 Å². The van der Waals surface area contributed by atoms with Crippen molar-refractivity contribution in [3.05, 3.63) is 72.4 Å². The molecule has 126 valence electrons. The van der Waals surface area contributed by atoms with E-state index >= 15 is 0 Å². The molecule has 0 saturated heterocycles. The van der Waals surface area contributed by atoms with E-state index < -0.39 is 0 Å². The van der Waals surface area contributed by atoms with E-state index in [4.69, 9.17) is 4.74 Å². The van der Waals surface area contributed by atoms with Crippen LogP contribution in [0, 0.1) is 0 Å². The van der Waals surface area contributed by atoms with Crippen molar-refractivity contribution >= 4 is 17.4 Å². The average Bonchev–Trinajstić information content (AvgIpc) is 2.67. The van der Waals surface area contributed by atoms with Gasteiger partial charge in [-0.3, -0.25) is 9.78 Å². The average molecular weight is 335 g/mol. The third kappa shape index (κ3) is 4.51. The molecule has 3 rings (SSSR count). The molecule has 25 heavy (non-hydrogen) atoms. The molecular weight excluding hydrogens is 318 g/mol. The van der Waals surface area contributed by atoms with Gasteiger partial charge in [-0.1, -0.05) is 6.07 Å². The van der Waals surface area contributed by atoms with Crippen LogP contribution in [0.15, 0.2) is 61.2 Å². The van der Waals surface area contributed by atoms with Gasteiger partial charge in [0.1, 0.15) is 17.3 Å². The molecule has 0 bridgehead atoms. The van der Waals surface area contributed by atoms with Crippen molar-refractivity contribution in [3.8, 4) is 5.75 Å². The Balaban J connectivity index is 1.60. The highest BCUT2D eigenvalue weighted by molar-refractivity contribution is 6.02. The number of pyridine rings is 1. The van der Waals surface area contributed by atoms with Gasteiger partial charge in [0.05, 0.1) is 19.5 Å². The fourth-order valence-electron chi connectivity index (χ4n) is 2.13. The van der Waals surface area contributed by atoms with Crippen molar-refractivity contribution in [1.29, 1.82) is 0 Å². The van der Waals surface area contributed by atoms with Crippen molar-refractivity contribution in [3.63, 3.8) is 0 Å². The highest BCUT2D eigenvalue weighted by atomic mass is 16.5. The van der Waals surface area contributed by atoms with Crippen LogP contribution in [0.5, 0.6) is 5.75 Å². The van der Waals surface area contributed by atoms with Crippen LogP contribution in [0.4, 0.5) is 11.5 Å². The molecule has 1 amide bonds. The van der Waals surface area contributed by atoms with Crippen molar-refractivity contribution in [2.24, 2.45) is 0 Å². The van der Waals surface area contributed by atoms with Crippen molar-refractivity contribution in [2.45, 2.75) is 6.54 Å². The summed E-state index contributed by atoms with van der Waals surface area (Å²) in [7, 11) is 1.57. The number of ether oxygens (including phenoxy) is 1. The molecule has 1 aromatic carbocycles. The number of rotatable bonds is 6. The fraction of sp³-hybridized carbons (Fsp3) is 0.111. The van der Waals surface area contributed by atoms with Crippen molar-refractivity contribution in [1.82, 2.24) is 15.0 Å². The van der Waals surface area contributed by atoms with Crippen molar-refractivity contribution < 1.29 is 9.53 Å². The third-order valence-electron chi connectivity index (χ3n) is 3.44. The number of hydrogen-bond acceptors (Lipinski definition) is 6. The summed E-state index contributed by atoms with van der Waals surface area (Å²) in [5.74, 6) is 0.927. The summed E-state index contributed by atoms with van der Waals surface area (Å²) in [4.78, 5) is 24.6. The predicted molar refractivity (Wildman–Crippen MR) is 94.5 cm³/mol. The largest absolute Gasteiger partial charge is 0.497 e. The molecule has 0 aliphatic carbocycles. The van der Waals surface area contributed by atoms with E-state index in [0.29, 0.717) is 23.8 Å². The highest BCUT2D eigenvalue weighted by Crippen LogP contribution is 2.17. The number of nitrogens with one attached hydrogen (secondary N) is 2. The number of carbonyl (C=O) groups is 1. The van der Waals surface area contributed by atoms with Gasteiger partial charge < -0.3 is 15.4 Å². The highest BCUT2D eigenvalue weighted by Gasteiger charge is 2.09. The second-order valence-corrected chi connectivity index (χ2v) is 5.18. The lowest BCUT2D eigenvalue weighted by Crippen LogP contribution is -2.14. The second-order valence-electron chi connectivity index (χ2n) is 5.18. The van der Waals surface area contributed by atoms with Crippen LogP contribution in [-0.2, 0) is 6.54 Å². The van der Waals surface area contributed by atoms with Crippen molar-refractivity contribution in [2.75, 3.05) is 17.7 Å². The van der Waals surface area contributed by atoms with Gasteiger partial charge in [-0.15, -0.1) is 0 Å². The number of amides is 1. The molecule has 7 nitrogen and oxygen atoms in total. The maximum Gasteiger partial charge on any atom is 0.275 e. The fourth-order valence-corrected chi connectivity index (χ4v) is 2.13. The van der Waals surface area contributed by atoms with E-state index in [2.05, 4.69) is 25.6 Å². The normalized spacial score (nSPS) is 10.1. The number of carbonyl (C=O) groups excluding carboxylic acids is 1. The molecule has 3 aromatic rings. The van der Waals surface area contributed by atoms with E-state index in [-0.39, 0.29) is 11.6 Å². The zero-order chi connectivity index (χ0) is 17.5. The number of methoxy groups -OCH3 is 1. The Morgan fingerprint density at radius 2 is 1.96 bits per heavy atom. The number of hydrogen-bond donors (Lipinski definition) is 2. The Morgan fingerprint density at radius 3 is 2.68 bits per heavy atom. The van der Waals surface area contributed by atoms with Crippen LogP contribution in [-0.4, -0.2) is 28.0 Å². The molecule has 0 fully saturated rings. The molecule has 7 heteroatoms. The first-order valence-electron chi connectivity index (χ1n) is 7.65. The Bertz CT molecular complexity index is 838. The molecule has 0 spiro atoms. The van der Waals surface area contributed by atoms with Crippen LogP contribution in [0.3, 0.4) is 0 Å². The molecule has 0 atom stereocenters. The maximum atomic E-state index is 12.2. The number of aromatic nitrogens is 3. The molecule has 0 radical (unpaired) electrons. The smallest absolute Gasteiger partial charge is 0.275 e. The lowest BCUT2D eigenvalue weighted by Gasteiger charge is -2.08. The molecule has 2 N–H and O–H groups in total. The van der Waals surface area contributed by atoms with Crippen LogP contribution in [0.1, 0.15) is 16.1 Å². The molecular formula is C18H17N5O2. The maximum absolute atomic E-state index is 12.2. The quantitative estimate of drug-likeness (QED) is 0.720. The summed E-state index contributed by atoms with van der Waals surface area (Å²) in [5, 5.41) is 5.90.